The van der Waals surface area contributed by atoms with Crippen molar-refractivity contribution in [3.8, 4) is 0 Å². The molecule has 0 spiro atoms. The van der Waals surface area contributed by atoms with E-state index in [1.54, 1.807) is 48.5 Å². The third-order valence-corrected chi connectivity index (χ3v) is 7.01. The van der Waals surface area contributed by atoms with Gasteiger partial charge in [0.25, 0.3) is 0 Å². The lowest BCUT2D eigenvalue weighted by Gasteiger charge is -2.22. The van der Waals surface area contributed by atoms with Gasteiger partial charge in [0.15, 0.2) is 0 Å². The van der Waals surface area contributed by atoms with Crippen LogP contribution in [0.5, 0.6) is 0 Å². The number of rotatable bonds is 7. The molecule has 0 radical (unpaired) electrons. The number of carbonyl (C=O) groups is 1. The zero-order chi connectivity index (χ0) is 21.7. The SMILES string of the molecule is O=C(CN(Cc1ccc(Cl)cc1)S(=O)(=O)c1ccc(Cl)cc1)Nc1ccc(Br)cc1. The van der Waals surface area contributed by atoms with Crippen LogP contribution >= 0.6 is 39.1 Å². The summed E-state index contributed by atoms with van der Waals surface area (Å²) in [5.41, 5.74) is 1.27. The summed E-state index contributed by atoms with van der Waals surface area (Å²) in [7, 11) is -3.95. The van der Waals surface area contributed by atoms with Crippen molar-refractivity contribution >= 4 is 60.7 Å². The lowest BCUT2D eigenvalue weighted by molar-refractivity contribution is -0.116. The molecular formula is C21H17BrCl2N2O3S. The zero-order valence-corrected chi connectivity index (χ0v) is 19.5. The summed E-state index contributed by atoms with van der Waals surface area (Å²) in [6.45, 7) is -0.348. The second-order valence-electron chi connectivity index (χ2n) is 6.41. The highest BCUT2D eigenvalue weighted by molar-refractivity contribution is 9.10. The Bertz CT molecular complexity index is 1120. The lowest BCUT2D eigenvalue weighted by atomic mass is 10.2. The highest BCUT2D eigenvalue weighted by atomic mass is 79.9. The van der Waals surface area contributed by atoms with Gasteiger partial charge in [-0.15, -0.1) is 0 Å². The van der Waals surface area contributed by atoms with Crippen LogP contribution in [0.2, 0.25) is 10.0 Å². The van der Waals surface area contributed by atoms with Gasteiger partial charge < -0.3 is 5.32 Å². The molecule has 0 aliphatic carbocycles. The number of nitrogens with zero attached hydrogens (tertiary/aromatic N) is 1. The fraction of sp³-hybridized carbons (Fsp3) is 0.0952. The van der Waals surface area contributed by atoms with Gasteiger partial charge in [-0.05, 0) is 66.2 Å². The molecule has 0 saturated heterocycles. The van der Waals surface area contributed by atoms with Crippen molar-refractivity contribution in [2.24, 2.45) is 0 Å². The van der Waals surface area contributed by atoms with Gasteiger partial charge in [-0.2, -0.15) is 4.31 Å². The molecule has 9 heteroatoms. The molecule has 1 amide bonds. The van der Waals surface area contributed by atoms with Crippen LogP contribution < -0.4 is 5.32 Å². The number of amides is 1. The summed E-state index contributed by atoms with van der Waals surface area (Å²) in [5.74, 6) is -0.455. The predicted molar refractivity (Wildman–Crippen MR) is 123 cm³/mol. The van der Waals surface area contributed by atoms with E-state index >= 15 is 0 Å². The zero-order valence-electron chi connectivity index (χ0n) is 15.6. The van der Waals surface area contributed by atoms with Crippen molar-refractivity contribution in [1.29, 1.82) is 0 Å². The molecule has 5 nitrogen and oxygen atoms in total. The van der Waals surface area contributed by atoms with Crippen LogP contribution in [0.25, 0.3) is 0 Å². The molecule has 0 aromatic heterocycles. The van der Waals surface area contributed by atoms with E-state index in [0.717, 1.165) is 8.78 Å². The van der Waals surface area contributed by atoms with E-state index in [9.17, 15) is 13.2 Å². The fourth-order valence-electron chi connectivity index (χ4n) is 2.67. The number of carbonyl (C=O) groups excluding carboxylic acids is 1. The minimum Gasteiger partial charge on any atom is -0.325 e. The molecular weight excluding hydrogens is 511 g/mol. The maximum atomic E-state index is 13.2. The van der Waals surface area contributed by atoms with E-state index in [-0.39, 0.29) is 18.0 Å². The van der Waals surface area contributed by atoms with E-state index < -0.39 is 15.9 Å². The second-order valence-corrected chi connectivity index (χ2v) is 10.1. The van der Waals surface area contributed by atoms with Crippen molar-refractivity contribution in [3.05, 3.63) is 92.9 Å². The van der Waals surface area contributed by atoms with Crippen molar-refractivity contribution in [2.75, 3.05) is 11.9 Å². The largest absolute Gasteiger partial charge is 0.325 e. The molecule has 0 heterocycles. The van der Waals surface area contributed by atoms with Gasteiger partial charge in [0.05, 0.1) is 11.4 Å². The first-order chi connectivity index (χ1) is 14.2. The van der Waals surface area contributed by atoms with Crippen LogP contribution in [0.3, 0.4) is 0 Å². The lowest BCUT2D eigenvalue weighted by Crippen LogP contribution is -2.37. The number of hydrogen-bond acceptors (Lipinski definition) is 3. The maximum absolute atomic E-state index is 13.2. The molecule has 30 heavy (non-hydrogen) atoms. The van der Waals surface area contributed by atoms with Gasteiger partial charge in [-0.1, -0.05) is 51.3 Å². The Labute approximate surface area is 193 Å². The first kappa shape index (κ1) is 22.8. The molecule has 0 unspecified atom stereocenters. The molecule has 3 aromatic rings. The average molecular weight is 528 g/mol. The Balaban J connectivity index is 1.86. The third kappa shape index (κ3) is 6.06. The van der Waals surface area contributed by atoms with Crippen LogP contribution in [-0.4, -0.2) is 25.2 Å². The first-order valence-corrected chi connectivity index (χ1v) is 11.8. The first-order valence-electron chi connectivity index (χ1n) is 8.79. The Morgan fingerprint density at radius 1 is 0.867 bits per heavy atom. The molecule has 0 aliphatic heterocycles. The van der Waals surface area contributed by atoms with Crippen molar-refractivity contribution in [1.82, 2.24) is 4.31 Å². The summed E-state index contributed by atoms with van der Waals surface area (Å²) in [6.07, 6.45) is 0. The molecule has 0 aliphatic rings. The normalized spacial score (nSPS) is 11.5. The average Bonchev–Trinajstić information content (AvgIpc) is 2.71. The summed E-state index contributed by atoms with van der Waals surface area (Å²) >= 11 is 15.1. The van der Waals surface area contributed by atoms with E-state index in [1.807, 2.05) is 0 Å². The van der Waals surface area contributed by atoms with Crippen LogP contribution in [0.4, 0.5) is 5.69 Å². The number of benzene rings is 3. The third-order valence-electron chi connectivity index (χ3n) is 4.17. The van der Waals surface area contributed by atoms with Gasteiger partial charge in [-0.25, -0.2) is 8.42 Å². The van der Waals surface area contributed by atoms with Crippen LogP contribution in [0.1, 0.15) is 5.56 Å². The van der Waals surface area contributed by atoms with Crippen molar-refractivity contribution in [3.63, 3.8) is 0 Å². The Morgan fingerprint density at radius 3 is 1.97 bits per heavy atom. The minimum atomic E-state index is -3.95. The van der Waals surface area contributed by atoms with Crippen LogP contribution in [-0.2, 0) is 21.4 Å². The van der Waals surface area contributed by atoms with Gasteiger partial charge >= 0.3 is 0 Å². The standard InChI is InChI=1S/C21H17BrCl2N2O3S/c22-16-3-9-19(10-4-16)25-21(27)14-26(13-15-1-5-17(23)6-2-15)30(28,29)20-11-7-18(24)8-12-20/h1-12H,13-14H2,(H,25,27). The van der Waals surface area contributed by atoms with Gasteiger partial charge in [0.1, 0.15) is 0 Å². The maximum Gasteiger partial charge on any atom is 0.243 e. The second kappa shape index (κ2) is 9.94. The fourth-order valence-corrected chi connectivity index (χ4v) is 4.57. The quantitative estimate of drug-likeness (QED) is 0.435. The minimum absolute atomic E-state index is 0.00981. The van der Waals surface area contributed by atoms with E-state index in [2.05, 4.69) is 21.2 Å². The summed E-state index contributed by atoms with van der Waals surface area (Å²) in [5, 5.41) is 3.68. The predicted octanol–water partition coefficient (Wildman–Crippen LogP) is 5.59. The molecule has 0 bridgehead atoms. The summed E-state index contributed by atoms with van der Waals surface area (Å²) in [6, 6.07) is 19.6. The number of halogens is 3. The number of nitrogens with one attached hydrogen (secondary N) is 1. The molecule has 3 aromatic carbocycles. The van der Waals surface area contributed by atoms with E-state index in [0.29, 0.717) is 21.3 Å². The number of hydrogen-bond donors (Lipinski definition) is 1. The van der Waals surface area contributed by atoms with Crippen LogP contribution in [0.15, 0.2) is 82.2 Å². The molecule has 0 atom stereocenters. The summed E-state index contributed by atoms with van der Waals surface area (Å²) < 4.78 is 28.4. The topological polar surface area (TPSA) is 66.5 Å². The Hall–Kier alpha value is -1.90. The highest BCUT2D eigenvalue weighted by Gasteiger charge is 2.27. The Morgan fingerprint density at radius 2 is 1.40 bits per heavy atom. The van der Waals surface area contributed by atoms with Gasteiger partial charge in [0, 0.05) is 26.8 Å². The molecule has 1 N–H and O–H groups in total. The molecule has 0 saturated carbocycles. The van der Waals surface area contributed by atoms with Crippen molar-refractivity contribution < 1.29 is 13.2 Å². The highest BCUT2D eigenvalue weighted by Crippen LogP contribution is 2.22. The molecule has 3 rings (SSSR count). The molecule has 0 fully saturated rings. The number of sulfonamides is 1. The van der Waals surface area contributed by atoms with E-state index in [4.69, 9.17) is 23.2 Å². The smallest absolute Gasteiger partial charge is 0.243 e. The van der Waals surface area contributed by atoms with Crippen LogP contribution in [0, 0.1) is 0 Å². The van der Waals surface area contributed by atoms with E-state index in [1.165, 1.54) is 24.3 Å². The van der Waals surface area contributed by atoms with Crippen molar-refractivity contribution in [2.45, 2.75) is 11.4 Å². The van der Waals surface area contributed by atoms with Gasteiger partial charge in [0.2, 0.25) is 15.9 Å². The molecule has 156 valence electrons. The monoisotopic (exact) mass is 526 g/mol. The number of anilines is 1. The van der Waals surface area contributed by atoms with Gasteiger partial charge in [-0.3, -0.25) is 4.79 Å². The summed E-state index contributed by atoms with van der Waals surface area (Å²) in [4.78, 5) is 12.7. The Kier molecular flexibility index (Phi) is 7.55.